The summed E-state index contributed by atoms with van der Waals surface area (Å²) in [5, 5.41) is 2.36. The summed E-state index contributed by atoms with van der Waals surface area (Å²) in [4.78, 5) is 3.87. The molecule has 1 aromatic carbocycles. The first-order chi connectivity index (χ1) is 7.81. The van der Waals surface area contributed by atoms with E-state index in [1.54, 1.807) is 14.2 Å². The molecule has 0 bridgehead atoms. The molecule has 1 aromatic rings. The zero-order valence-corrected chi connectivity index (χ0v) is 10.3. The zero-order valence-electron chi connectivity index (χ0n) is 9.53. The molecule has 1 rings (SSSR count). The van der Waals surface area contributed by atoms with Gasteiger partial charge in [0.25, 0.3) is 0 Å². The monoisotopic (exact) mass is 237 g/mol. The number of methoxy groups -OCH3 is 2. The first-order valence-corrected chi connectivity index (χ1v) is 5.47. The van der Waals surface area contributed by atoms with Crippen LogP contribution in [0.4, 0.5) is 0 Å². The summed E-state index contributed by atoms with van der Waals surface area (Å²) in [6.45, 7) is 0.720. The van der Waals surface area contributed by atoms with Crippen LogP contribution in [0.5, 0.6) is 11.5 Å². The minimum Gasteiger partial charge on any atom is -0.493 e. The van der Waals surface area contributed by atoms with Crippen molar-refractivity contribution in [2.75, 3.05) is 20.8 Å². The Labute approximate surface area is 101 Å². The van der Waals surface area contributed by atoms with E-state index in [9.17, 15) is 0 Å². The molecule has 0 aliphatic carbocycles. The molecule has 0 fully saturated rings. The lowest BCUT2D eigenvalue weighted by Crippen LogP contribution is -1.93. The first kappa shape index (κ1) is 12.7. The molecule has 0 saturated heterocycles. The number of aryl methyl sites for hydroxylation is 1. The van der Waals surface area contributed by atoms with Crippen molar-refractivity contribution in [1.82, 2.24) is 0 Å². The number of ether oxygens (including phenoxy) is 2. The van der Waals surface area contributed by atoms with Gasteiger partial charge in [-0.15, -0.1) is 0 Å². The molecule has 0 aliphatic rings. The zero-order chi connectivity index (χ0) is 11.8. The molecule has 0 atom stereocenters. The van der Waals surface area contributed by atoms with Crippen LogP contribution in [-0.4, -0.2) is 25.9 Å². The van der Waals surface area contributed by atoms with Crippen LogP contribution in [-0.2, 0) is 6.42 Å². The minimum absolute atomic E-state index is 0.720. The van der Waals surface area contributed by atoms with Gasteiger partial charge in [-0.2, -0.15) is 0 Å². The maximum absolute atomic E-state index is 5.23. The summed E-state index contributed by atoms with van der Waals surface area (Å²) in [7, 11) is 3.27. The molecule has 0 radical (unpaired) electrons. The minimum atomic E-state index is 0.720. The number of benzene rings is 1. The Morgan fingerprint density at radius 3 is 2.62 bits per heavy atom. The summed E-state index contributed by atoms with van der Waals surface area (Å²) >= 11 is 4.50. The van der Waals surface area contributed by atoms with Gasteiger partial charge in [0.2, 0.25) is 0 Å². The number of hydrogen-bond donors (Lipinski definition) is 0. The lowest BCUT2D eigenvalue weighted by atomic mass is 10.1. The number of rotatable bonds is 6. The van der Waals surface area contributed by atoms with E-state index in [1.807, 2.05) is 18.2 Å². The van der Waals surface area contributed by atoms with Crippen LogP contribution < -0.4 is 9.47 Å². The number of isothiocyanates is 1. The normalized spacial score (nSPS) is 9.38. The third-order valence-corrected chi connectivity index (χ3v) is 2.38. The van der Waals surface area contributed by atoms with Gasteiger partial charge in [0, 0.05) is 6.54 Å². The molecule has 0 saturated carbocycles. The molecule has 0 spiro atoms. The van der Waals surface area contributed by atoms with Gasteiger partial charge < -0.3 is 9.47 Å². The fourth-order valence-electron chi connectivity index (χ4n) is 1.44. The van der Waals surface area contributed by atoms with Crippen LogP contribution in [0, 0.1) is 0 Å². The van der Waals surface area contributed by atoms with E-state index < -0.39 is 0 Å². The average Bonchev–Trinajstić information content (AvgIpc) is 2.34. The van der Waals surface area contributed by atoms with Gasteiger partial charge in [-0.05, 0) is 42.8 Å². The van der Waals surface area contributed by atoms with Crippen LogP contribution in [0.25, 0.3) is 0 Å². The highest BCUT2D eigenvalue weighted by Crippen LogP contribution is 2.27. The largest absolute Gasteiger partial charge is 0.493 e. The van der Waals surface area contributed by atoms with Gasteiger partial charge in [0.1, 0.15) is 0 Å². The molecule has 0 unspecified atom stereocenters. The molecule has 0 aromatic heterocycles. The summed E-state index contributed by atoms with van der Waals surface area (Å²) in [6.07, 6.45) is 1.90. The van der Waals surface area contributed by atoms with E-state index >= 15 is 0 Å². The standard InChI is InChI=1S/C12H15NO2S/c1-14-11-6-5-10(8-12(11)15-2)4-3-7-13-9-16/h5-6,8H,3-4,7H2,1-2H3. The summed E-state index contributed by atoms with van der Waals surface area (Å²) in [6, 6.07) is 5.93. The number of hydrogen-bond acceptors (Lipinski definition) is 4. The Morgan fingerprint density at radius 1 is 1.25 bits per heavy atom. The van der Waals surface area contributed by atoms with E-state index in [0.717, 1.165) is 30.9 Å². The SMILES string of the molecule is COc1ccc(CCCN=C=S)cc1OC. The summed E-state index contributed by atoms with van der Waals surface area (Å²) in [5.41, 5.74) is 1.21. The van der Waals surface area contributed by atoms with Gasteiger partial charge in [-0.3, -0.25) is 0 Å². The average molecular weight is 237 g/mol. The molecule has 86 valence electrons. The second-order valence-corrected chi connectivity index (χ2v) is 3.45. The second-order valence-electron chi connectivity index (χ2n) is 3.27. The predicted molar refractivity (Wildman–Crippen MR) is 67.8 cm³/mol. The van der Waals surface area contributed by atoms with Crippen molar-refractivity contribution < 1.29 is 9.47 Å². The molecule has 16 heavy (non-hydrogen) atoms. The molecular formula is C12H15NO2S. The smallest absolute Gasteiger partial charge is 0.160 e. The Kier molecular flexibility index (Phi) is 5.54. The van der Waals surface area contributed by atoms with Crippen molar-refractivity contribution in [1.29, 1.82) is 0 Å². The Morgan fingerprint density at radius 2 is 2.00 bits per heavy atom. The van der Waals surface area contributed by atoms with Crippen molar-refractivity contribution in [3.05, 3.63) is 23.8 Å². The number of aliphatic imine (C=N–C) groups is 1. The Bertz CT molecular complexity index is 387. The van der Waals surface area contributed by atoms with Gasteiger partial charge in [0.15, 0.2) is 11.5 Å². The van der Waals surface area contributed by atoms with Crippen LogP contribution >= 0.6 is 12.2 Å². The second kappa shape index (κ2) is 6.99. The molecule has 0 amide bonds. The molecule has 0 aliphatic heterocycles. The van der Waals surface area contributed by atoms with Crippen molar-refractivity contribution >= 4 is 17.4 Å². The molecule has 0 N–H and O–H groups in total. The van der Waals surface area contributed by atoms with Crippen molar-refractivity contribution in [2.45, 2.75) is 12.8 Å². The lowest BCUT2D eigenvalue weighted by Gasteiger charge is -2.08. The quantitative estimate of drug-likeness (QED) is 0.433. The summed E-state index contributed by atoms with van der Waals surface area (Å²) in [5.74, 6) is 1.52. The third-order valence-electron chi connectivity index (χ3n) is 2.25. The van der Waals surface area contributed by atoms with Crippen LogP contribution in [0.3, 0.4) is 0 Å². The first-order valence-electron chi connectivity index (χ1n) is 5.06. The molecule has 0 heterocycles. The highest BCUT2D eigenvalue weighted by molar-refractivity contribution is 7.78. The van der Waals surface area contributed by atoms with E-state index in [0.29, 0.717) is 0 Å². The maximum atomic E-state index is 5.23. The van der Waals surface area contributed by atoms with Crippen LogP contribution in [0.2, 0.25) is 0 Å². The Balaban J connectivity index is 2.63. The van der Waals surface area contributed by atoms with E-state index in [-0.39, 0.29) is 0 Å². The molecular weight excluding hydrogens is 222 g/mol. The van der Waals surface area contributed by atoms with Gasteiger partial charge >= 0.3 is 0 Å². The van der Waals surface area contributed by atoms with Gasteiger partial charge in [-0.25, -0.2) is 4.99 Å². The van der Waals surface area contributed by atoms with E-state index in [1.165, 1.54) is 5.56 Å². The van der Waals surface area contributed by atoms with Crippen molar-refractivity contribution in [3.63, 3.8) is 0 Å². The van der Waals surface area contributed by atoms with Crippen LogP contribution in [0.15, 0.2) is 23.2 Å². The summed E-state index contributed by atoms with van der Waals surface area (Å²) < 4.78 is 10.4. The van der Waals surface area contributed by atoms with Crippen molar-refractivity contribution in [3.8, 4) is 11.5 Å². The fourth-order valence-corrected chi connectivity index (χ4v) is 1.54. The number of nitrogens with zero attached hydrogens (tertiary/aromatic N) is 1. The highest BCUT2D eigenvalue weighted by Gasteiger charge is 2.03. The molecule has 4 heteroatoms. The fraction of sp³-hybridized carbons (Fsp3) is 0.417. The highest BCUT2D eigenvalue weighted by atomic mass is 32.1. The van der Waals surface area contributed by atoms with Crippen molar-refractivity contribution in [2.24, 2.45) is 4.99 Å². The topological polar surface area (TPSA) is 30.8 Å². The third kappa shape index (κ3) is 3.65. The Hall–Kier alpha value is -1.38. The maximum Gasteiger partial charge on any atom is 0.160 e. The van der Waals surface area contributed by atoms with E-state index in [4.69, 9.17) is 9.47 Å². The van der Waals surface area contributed by atoms with Gasteiger partial charge in [-0.1, -0.05) is 6.07 Å². The van der Waals surface area contributed by atoms with Gasteiger partial charge in [0.05, 0.1) is 19.4 Å². The predicted octanol–water partition coefficient (Wildman–Crippen LogP) is 2.74. The van der Waals surface area contributed by atoms with Crippen LogP contribution in [0.1, 0.15) is 12.0 Å². The lowest BCUT2D eigenvalue weighted by molar-refractivity contribution is 0.354. The number of thiocarbonyl (C=S) groups is 1. The van der Waals surface area contributed by atoms with E-state index in [2.05, 4.69) is 22.4 Å². The molecule has 3 nitrogen and oxygen atoms in total.